The number of nitrogens with two attached hydrogens (primary N) is 2. The molecule has 5 aromatic rings. The van der Waals surface area contributed by atoms with Crippen molar-refractivity contribution in [3.05, 3.63) is 137 Å². The van der Waals surface area contributed by atoms with Gasteiger partial charge in [-0.25, -0.2) is 13.2 Å². The summed E-state index contributed by atoms with van der Waals surface area (Å²) in [4.78, 5) is 180. The Bertz CT molecular complexity index is 4210. The number of benzene rings is 4. The number of hydrogen-bond acceptors (Lipinski definition) is 16. The highest BCUT2D eigenvalue weighted by Crippen LogP contribution is 2.36. The Labute approximate surface area is 630 Å². The Kier molecular flexibility index (Phi) is 28.6. The van der Waals surface area contributed by atoms with Gasteiger partial charge in [0.05, 0.1) is 50.3 Å². The number of primary amides is 1. The summed E-state index contributed by atoms with van der Waals surface area (Å²) in [6, 6.07) is 11.5. The molecule has 2 saturated heterocycles. The standard InChI is InChI=1S/C80H100F3N11O15/c1-44(2)30-71(100)89-63-41-70(99)86-27-29-109-59-22-13-47(14-23-59)31-52(73(85)101)37-69(98)80(5)25-9-28-94(80)79(107)64(32-48-11-20-58(108-6)21-12-48)91-77(105)72(46(4)95)92-76(104)66-40-57(83)43-93(66)78(106)65(34-50-16-15-49-17-18-55(81)38-60(49)50)90-75(103)53(33-54-42-87-62-24-19-56(82)39-61(54)62)36-67(96)45(3)88-74(102)51(35-68(63)97)10-7-8-26-84/h11-14,16-24,38-39,42,44-46,51-53,57,63-66,72,87,95H,7-10,15,25-37,40-41,43,84H2,1-6H3,(H2,85,101)(H,86,99)(H,88,102)(H,89,100)(H,90,103)(H,91,105)(H,92,104)/t45-,46-,51-,52-,53-,57+,63+,64+,65+,66+,72+,80+/m1/s1. The van der Waals surface area contributed by atoms with Gasteiger partial charge in [-0.05, 0) is 166 Å². The number of aromatic amines is 1. The largest absolute Gasteiger partial charge is 0.497 e. The summed E-state index contributed by atoms with van der Waals surface area (Å²) >= 11 is 0. The maximum atomic E-state index is 16.3. The van der Waals surface area contributed by atoms with E-state index in [9.17, 15) is 48.3 Å². The Balaban J connectivity index is 1.07. The number of aliphatic hydroxyl groups is 1. The first kappa shape index (κ1) is 82.8. The molecule has 0 unspecified atom stereocenters. The molecule has 5 aliphatic rings. The average molecular weight is 1510 g/mol. The number of amides is 9. The molecule has 4 aliphatic heterocycles. The van der Waals surface area contributed by atoms with Crippen molar-refractivity contribution in [2.45, 2.75) is 191 Å². The first-order valence-corrected chi connectivity index (χ1v) is 37.3. The van der Waals surface area contributed by atoms with Gasteiger partial charge < -0.3 is 72.7 Å². The molecule has 1 aliphatic carbocycles. The average Bonchev–Trinajstić information content (AvgIpc) is 1.69. The van der Waals surface area contributed by atoms with Gasteiger partial charge >= 0.3 is 0 Å². The lowest BCUT2D eigenvalue weighted by molar-refractivity contribution is -0.147. The number of H-pyrrole nitrogens is 1. The summed E-state index contributed by atoms with van der Waals surface area (Å²) in [6.07, 6.45) is -2.35. The van der Waals surface area contributed by atoms with Crippen LogP contribution >= 0.6 is 0 Å². The van der Waals surface area contributed by atoms with E-state index in [1.54, 1.807) is 81.4 Å². The number of nitrogens with zero attached hydrogens (tertiary/aromatic N) is 2. The van der Waals surface area contributed by atoms with Gasteiger partial charge in [-0.2, -0.15) is 0 Å². The number of aromatic nitrogens is 1. The van der Waals surface area contributed by atoms with Crippen molar-refractivity contribution in [3.8, 4) is 11.5 Å². The molecule has 109 heavy (non-hydrogen) atoms. The second kappa shape index (κ2) is 37.7. The molecule has 586 valence electrons. The number of carbonyl (C=O) groups excluding carboxylic acids is 12. The molecule has 26 nitrogen and oxygen atoms in total. The number of rotatable bonds is 16. The van der Waals surface area contributed by atoms with Gasteiger partial charge in [0.1, 0.15) is 60.1 Å². The minimum Gasteiger partial charge on any atom is -0.497 e. The van der Waals surface area contributed by atoms with E-state index in [4.69, 9.17) is 20.9 Å². The molecule has 12 atom stereocenters. The van der Waals surface area contributed by atoms with Crippen LogP contribution in [0.5, 0.6) is 11.5 Å². The van der Waals surface area contributed by atoms with Crippen LogP contribution in [0.25, 0.3) is 16.5 Å². The van der Waals surface area contributed by atoms with Crippen molar-refractivity contribution < 1.29 is 85.3 Å². The van der Waals surface area contributed by atoms with Crippen LogP contribution in [-0.2, 0) is 83.2 Å². The first-order chi connectivity index (χ1) is 51.9. The van der Waals surface area contributed by atoms with Gasteiger partial charge in [0.2, 0.25) is 53.2 Å². The minimum atomic E-state index is -1.89. The van der Waals surface area contributed by atoms with E-state index in [0.717, 1.165) is 4.90 Å². The van der Waals surface area contributed by atoms with Crippen LogP contribution in [0.3, 0.4) is 0 Å². The molecule has 1 aromatic heterocycles. The van der Waals surface area contributed by atoms with Crippen LogP contribution in [0.1, 0.15) is 139 Å². The van der Waals surface area contributed by atoms with Crippen LogP contribution in [0.2, 0.25) is 0 Å². The molecule has 5 heterocycles. The predicted molar refractivity (Wildman–Crippen MR) is 397 cm³/mol. The lowest BCUT2D eigenvalue weighted by Gasteiger charge is -2.37. The summed E-state index contributed by atoms with van der Waals surface area (Å²) in [5, 5.41) is 27.8. The zero-order valence-electron chi connectivity index (χ0n) is 62.4. The molecule has 2 fully saturated rings. The second-order valence-corrected chi connectivity index (χ2v) is 29.7. The lowest BCUT2D eigenvalue weighted by Crippen LogP contribution is -2.62. The molecular formula is C80H100F3N11O15. The number of hydrogen-bond donors (Lipinski definition) is 10. The smallest absolute Gasteiger partial charge is 0.246 e. The van der Waals surface area contributed by atoms with Crippen LogP contribution < -0.4 is 52.8 Å². The van der Waals surface area contributed by atoms with Crippen LogP contribution in [0, 0.1) is 35.3 Å². The number of fused-ring (bicyclic) bond motifs is 32. The lowest BCUT2D eigenvalue weighted by atomic mass is 9.84. The van der Waals surface area contributed by atoms with Gasteiger partial charge in [0, 0.05) is 86.3 Å². The van der Waals surface area contributed by atoms with E-state index in [-0.39, 0.29) is 83.5 Å². The van der Waals surface area contributed by atoms with E-state index < -0.39 is 193 Å². The summed E-state index contributed by atoms with van der Waals surface area (Å²) in [5.41, 5.74) is 13.7. The number of nitrogens with one attached hydrogen (secondary N) is 7. The highest BCUT2D eigenvalue weighted by molar-refractivity contribution is 6.01. The number of ketones is 3. The van der Waals surface area contributed by atoms with E-state index >= 15 is 27.6 Å². The van der Waals surface area contributed by atoms with Gasteiger partial charge in [-0.15, -0.1) is 0 Å². The zero-order valence-corrected chi connectivity index (χ0v) is 62.4. The SMILES string of the molecule is COc1ccc(C[C@@H]2NC(=O)[C@H]([C@@H](C)O)NC(=O)[C@@H]3C[C@H](F)CN3C(=O)[C@H](CC3=CCc4ccc(F)cc43)NC(=O)[C@H](Cc3c[nH]c4ccc(F)cc34)CC(=O)[C@@H](C)NC(=O)[C@H](CCCCN)CC(=O)[C@@H](NC(=O)CC(C)C)CC(=O)NCCOc3ccc(cc3)C[C@@H](C(N)=O)CC(=O)[C@]3(C)CCCN3C2=O)cc1. The molecule has 12 N–H and O–H groups in total. The Morgan fingerprint density at radius 3 is 2.16 bits per heavy atom. The summed E-state index contributed by atoms with van der Waals surface area (Å²) < 4.78 is 57.7. The van der Waals surface area contributed by atoms with Gasteiger partial charge in [0.15, 0.2) is 17.3 Å². The fourth-order valence-corrected chi connectivity index (χ4v) is 14.8. The monoisotopic (exact) mass is 1510 g/mol. The highest BCUT2D eigenvalue weighted by atomic mass is 19.1. The number of aliphatic hydroxyl groups excluding tert-OH is 1. The van der Waals surface area contributed by atoms with E-state index in [2.05, 4.69) is 36.9 Å². The summed E-state index contributed by atoms with van der Waals surface area (Å²) in [5.74, 6) is -13.7. The number of Topliss-reactive ketones (excluding diaryl/α,β-unsaturated/α-hetero) is 3. The molecule has 29 heteroatoms. The van der Waals surface area contributed by atoms with Gasteiger partial charge in [0.25, 0.3) is 0 Å². The third kappa shape index (κ3) is 21.8. The number of halogens is 3. The molecule has 0 radical (unpaired) electrons. The number of methoxy groups -OCH3 is 1. The maximum absolute atomic E-state index is 16.3. The van der Waals surface area contributed by atoms with Crippen molar-refractivity contribution in [1.29, 1.82) is 0 Å². The Morgan fingerprint density at radius 2 is 1.46 bits per heavy atom. The molecule has 10 rings (SSSR count). The number of alkyl halides is 1. The van der Waals surface area contributed by atoms with Crippen molar-refractivity contribution in [1.82, 2.24) is 46.7 Å². The Hall–Kier alpha value is -10.3. The first-order valence-electron chi connectivity index (χ1n) is 37.3. The third-order valence-corrected chi connectivity index (χ3v) is 21.0. The van der Waals surface area contributed by atoms with Crippen LogP contribution in [-0.4, -0.2) is 184 Å². The minimum absolute atomic E-state index is 0.000447. The predicted octanol–water partition coefficient (Wildman–Crippen LogP) is 4.94. The molecular weight excluding hydrogens is 1410 g/mol. The molecule has 0 saturated carbocycles. The van der Waals surface area contributed by atoms with E-state index in [1.807, 2.05) is 0 Å². The second-order valence-electron chi connectivity index (χ2n) is 29.7. The fourth-order valence-electron chi connectivity index (χ4n) is 14.8. The van der Waals surface area contributed by atoms with Crippen molar-refractivity contribution >= 4 is 87.0 Å². The van der Waals surface area contributed by atoms with Crippen molar-refractivity contribution in [2.24, 2.45) is 35.1 Å². The molecule has 2 bridgehead atoms. The maximum Gasteiger partial charge on any atom is 0.246 e. The number of ether oxygens (including phenoxy) is 2. The molecule has 9 amide bonds. The van der Waals surface area contributed by atoms with Crippen LogP contribution in [0.15, 0.2) is 97.2 Å². The highest BCUT2D eigenvalue weighted by Gasteiger charge is 2.49. The number of allylic oxidation sites excluding steroid dienone is 1. The topological polar surface area (TPSA) is 390 Å². The van der Waals surface area contributed by atoms with E-state index in [1.165, 1.54) is 62.4 Å². The van der Waals surface area contributed by atoms with Gasteiger partial charge in [-0.1, -0.05) is 56.7 Å². The Morgan fingerprint density at radius 1 is 0.771 bits per heavy atom. The van der Waals surface area contributed by atoms with Crippen molar-refractivity contribution in [2.75, 3.05) is 39.9 Å². The zero-order chi connectivity index (χ0) is 79.0. The summed E-state index contributed by atoms with van der Waals surface area (Å²) in [6.45, 7) is 7.11. The number of unbranched alkanes of at least 4 members (excludes halogenated alkanes) is 1. The van der Waals surface area contributed by atoms with Crippen molar-refractivity contribution in [3.63, 3.8) is 0 Å². The quantitative estimate of drug-likeness (QED) is 0.0585. The molecule has 4 aromatic carbocycles. The normalized spacial score (nSPS) is 25.5. The van der Waals surface area contributed by atoms with E-state index in [0.29, 0.717) is 75.1 Å². The van der Waals surface area contributed by atoms with Crippen LogP contribution in [0.4, 0.5) is 13.2 Å². The summed E-state index contributed by atoms with van der Waals surface area (Å²) in [7, 11) is 1.46. The third-order valence-electron chi connectivity index (χ3n) is 21.0. The molecule has 0 spiro atoms. The fraction of sp³-hybridized carbons (Fsp3) is 0.500. The van der Waals surface area contributed by atoms with Gasteiger partial charge in [-0.3, -0.25) is 57.5 Å². The number of carbonyl (C=O) groups is 12.